The molecule has 0 saturated carbocycles. The van der Waals surface area contributed by atoms with Crippen LogP contribution >= 0.6 is 11.3 Å². The Morgan fingerprint density at radius 1 is 1.02 bits per heavy atom. The second kappa shape index (κ2) is 11.9. The van der Waals surface area contributed by atoms with E-state index in [0.717, 1.165) is 70.4 Å². The van der Waals surface area contributed by atoms with Crippen LogP contribution < -0.4 is 29.7 Å². The zero-order valence-electron chi connectivity index (χ0n) is 22.3. The van der Waals surface area contributed by atoms with E-state index in [-0.39, 0.29) is 18.6 Å². The number of hydrogen-bond donors (Lipinski definition) is 2. The van der Waals surface area contributed by atoms with Crippen molar-refractivity contribution in [2.45, 2.75) is 32.9 Å². The van der Waals surface area contributed by atoms with Gasteiger partial charge in [0.25, 0.3) is 0 Å². The summed E-state index contributed by atoms with van der Waals surface area (Å²) in [5.41, 5.74) is 3.11. The van der Waals surface area contributed by atoms with E-state index in [1.807, 2.05) is 61.7 Å². The molecule has 2 aromatic heterocycles. The van der Waals surface area contributed by atoms with Crippen LogP contribution in [0.15, 0.2) is 60.8 Å². The Morgan fingerprint density at radius 3 is 2.65 bits per heavy atom. The fraction of sp³-hybridized carbons (Fsp3) is 0.345. The molecule has 10 nitrogen and oxygen atoms in total. The second-order valence-corrected chi connectivity index (χ2v) is 10.6. The van der Waals surface area contributed by atoms with E-state index in [1.54, 1.807) is 11.3 Å². The second-order valence-electron chi connectivity index (χ2n) is 9.71. The lowest BCUT2D eigenvalue weighted by Crippen LogP contribution is -2.40. The first kappa shape index (κ1) is 26.0. The van der Waals surface area contributed by atoms with Crippen molar-refractivity contribution < 1.29 is 19.0 Å². The summed E-state index contributed by atoms with van der Waals surface area (Å²) in [5.74, 6) is 2.42. The molecule has 1 amide bonds. The lowest BCUT2D eigenvalue weighted by Gasteiger charge is -2.30. The summed E-state index contributed by atoms with van der Waals surface area (Å²) in [5, 5.41) is 17.2. The minimum Gasteiger partial charge on any atom is -0.494 e. The number of nitrogens with zero attached hydrogens (tertiary/aromatic N) is 4. The van der Waals surface area contributed by atoms with Gasteiger partial charge in [-0.05, 0) is 73.9 Å². The molecular weight excluding hydrogens is 528 g/mol. The van der Waals surface area contributed by atoms with Crippen molar-refractivity contribution in [3.05, 3.63) is 72.1 Å². The zero-order chi connectivity index (χ0) is 27.3. The molecule has 0 aliphatic carbocycles. The van der Waals surface area contributed by atoms with Gasteiger partial charge in [-0.25, -0.2) is 0 Å². The average molecular weight is 561 g/mol. The molecule has 1 fully saturated rings. The smallest absolute Gasteiger partial charge is 0.231 e. The van der Waals surface area contributed by atoms with Gasteiger partial charge in [0.2, 0.25) is 23.0 Å². The molecular formula is C29H32N6O4S. The maximum absolute atomic E-state index is 12.8. The predicted molar refractivity (Wildman–Crippen MR) is 154 cm³/mol. The van der Waals surface area contributed by atoms with Gasteiger partial charge >= 0.3 is 0 Å². The van der Waals surface area contributed by atoms with Gasteiger partial charge in [0.15, 0.2) is 11.5 Å². The van der Waals surface area contributed by atoms with Crippen LogP contribution in [-0.2, 0) is 17.9 Å². The fourth-order valence-corrected chi connectivity index (χ4v) is 5.84. The number of aromatic nitrogens is 3. The molecule has 4 heterocycles. The van der Waals surface area contributed by atoms with Gasteiger partial charge in [0.1, 0.15) is 5.75 Å². The highest BCUT2D eigenvalue weighted by Crippen LogP contribution is 2.33. The largest absolute Gasteiger partial charge is 0.494 e. The highest BCUT2D eigenvalue weighted by molar-refractivity contribution is 7.17. The minimum atomic E-state index is -0.0117. The number of anilines is 2. The molecule has 40 heavy (non-hydrogen) atoms. The number of amides is 1. The summed E-state index contributed by atoms with van der Waals surface area (Å²) in [6, 6.07) is 17.8. The molecule has 4 aromatic rings. The van der Waals surface area contributed by atoms with Crippen LogP contribution in [0.2, 0.25) is 0 Å². The van der Waals surface area contributed by atoms with Crippen LogP contribution in [0.4, 0.5) is 10.8 Å². The molecule has 0 spiro atoms. The summed E-state index contributed by atoms with van der Waals surface area (Å²) < 4.78 is 18.4. The Bertz CT molecular complexity index is 1440. The van der Waals surface area contributed by atoms with Crippen LogP contribution in [0, 0.1) is 5.92 Å². The molecule has 2 aliphatic heterocycles. The highest BCUT2D eigenvalue weighted by atomic mass is 32.1. The van der Waals surface area contributed by atoms with Gasteiger partial charge in [-0.15, -0.1) is 10.2 Å². The monoisotopic (exact) mass is 560 g/mol. The van der Waals surface area contributed by atoms with Gasteiger partial charge in [-0.2, -0.15) is 0 Å². The first-order chi connectivity index (χ1) is 19.7. The predicted octanol–water partition coefficient (Wildman–Crippen LogP) is 4.60. The molecule has 2 aliphatic rings. The van der Waals surface area contributed by atoms with Gasteiger partial charge in [-0.1, -0.05) is 17.4 Å². The molecule has 0 unspecified atom stereocenters. The third-order valence-electron chi connectivity index (χ3n) is 7.12. The molecule has 0 atom stereocenters. The molecule has 2 N–H and O–H groups in total. The van der Waals surface area contributed by atoms with Crippen molar-refractivity contribution in [2.24, 2.45) is 5.92 Å². The molecule has 0 radical (unpaired) electrons. The van der Waals surface area contributed by atoms with Gasteiger partial charge in [-0.3, -0.25) is 9.36 Å². The van der Waals surface area contributed by atoms with Crippen molar-refractivity contribution in [2.75, 3.05) is 36.7 Å². The minimum absolute atomic E-state index is 0.0117. The van der Waals surface area contributed by atoms with Gasteiger partial charge in [0, 0.05) is 43.1 Å². The fourth-order valence-electron chi connectivity index (χ4n) is 4.93. The third kappa shape index (κ3) is 5.84. The first-order valence-electron chi connectivity index (χ1n) is 13.5. The molecule has 208 valence electrons. The van der Waals surface area contributed by atoms with Gasteiger partial charge in [0.05, 0.1) is 13.2 Å². The van der Waals surface area contributed by atoms with Gasteiger partial charge < -0.3 is 29.7 Å². The molecule has 0 bridgehead atoms. The Labute approximate surface area is 236 Å². The van der Waals surface area contributed by atoms with Crippen LogP contribution in [-0.4, -0.2) is 47.2 Å². The third-order valence-corrected chi connectivity index (χ3v) is 8.11. The van der Waals surface area contributed by atoms with E-state index in [2.05, 4.69) is 36.4 Å². The zero-order valence-corrected chi connectivity index (χ0v) is 23.2. The quantitative estimate of drug-likeness (QED) is 0.290. The maximum Gasteiger partial charge on any atom is 0.231 e. The number of ether oxygens (including phenoxy) is 3. The summed E-state index contributed by atoms with van der Waals surface area (Å²) in [7, 11) is 0. The average Bonchev–Trinajstić information content (AvgIpc) is 3.76. The van der Waals surface area contributed by atoms with Crippen LogP contribution in [0.1, 0.15) is 31.0 Å². The number of rotatable bonds is 10. The molecule has 11 heteroatoms. The molecule has 6 rings (SSSR count). The lowest BCUT2D eigenvalue weighted by molar-refractivity contribution is -0.125. The topological polar surface area (TPSA) is 103 Å². The van der Waals surface area contributed by atoms with E-state index < -0.39 is 0 Å². The number of fused-ring (bicyclic) bond motifs is 1. The number of carbonyl (C=O) groups excluding carboxylic acids is 1. The number of piperidine rings is 1. The van der Waals surface area contributed by atoms with Crippen molar-refractivity contribution >= 4 is 28.1 Å². The summed E-state index contributed by atoms with van der Waals surface area (Å²) in [6.45, 7) is 5.55. The van der Waals surface area contributed by atoms with E-state index in [4.69, 9.17) is 14.2 Å². The standard InChI is InChI=1S/C29H32N6O4S/c1-2-37-24-8-6-22(7-9-24)30-18-23-4-3-13-35(23)29-33-32-28(40-29)34-14-11-21(12-15-34)27(36)31-17-20-5-10-25-26(16-20)39-19-38-25/h3-10,13,16,21,30H,2,11-12,14-15,17-19H2,1H3,(H,31,36). The summed E-state index contributed by atoms with van der Waals surface area (Å²) in [6.07, 6.45) is 3.57. The highest BCUT2D eigenvalue weighted by Gasteiger charge is 2.27. The summed E-state index contributed by atoms with van der Waals surface area (Å²) in [4.78, 5) is 15.1. The van der Waals surface area contributed by atoms with E-state index >= 15 is 0 Å². The van der Waals surface area contributed by atoms with Crippen molar-refractivity contribution in [3.63, 3.8) is 0 Å². The Kier molecular flexibility index (Phi) is 7.71. The maximum atomic E-state index is 12.8. The van der Waals surface area contributed by atoms with E-state index in [0.29, 0.717) is 19.7 Å². The first-order valence-corrected chi connectivity index (χ1v) is 14.4. The van der Waals surface area contributed by atoms with Crippen molar-refractivity contribution in [1.82, 2.24) is 20.1 Å². The van der Waals surface area contributed by atoms with Crippen molar-refractivity contribution in [1.29, 1.82) is 0 Å². The van der Waals surface area contributed by atoms with Crippen LogP contribution in [0.5, 0.6) is 17.2 Å². The van der Waals surface area contributed by atoms with E-state index in [1.165, 1.54) is 0 Å². The normalized spacial score (nSPS) is 14.8. The number of nitrogens with one attached hydrogen (secondary N) is 2. The molecule has 2 aromatic carbocycles. The Balaban J connectivity index is 0.999. The summed E-state index contributed by atoms with van der Waals surface area (Å²) >= 11 is 1.57. The van der Waals surface area contributed by atoms with Crippen LogP contribution in [0.25, 0.3) is 5.13 Å². The lowest BCUT2D eigenvalue weighted by atomic mass is 9.96. The van der Waals surface area contributed by atoms with Crippen molar-refractivity contribution in [3.8, 4) is 22.4 Å². The van der Waals surface area contributed by atoms with Crippen LogP contribution in [0.3, 0.4) is 0 Å². The number of benzene rings is 2. The number of hydrogen-bond acceptors (Lipinski definition) is 9. The van der Waals surface area contributed by atoms with E-state index in [9.17, 15) is 4.79 Å². The Hall–Kier alpha value is -4.25. The molecule has 1 saturated heterocycles. The SMILES string of the molecule is CCOc1ccc(NCc2cccn2-c2nnc(N3CCC(C(=O)NCc4ccc5c(c4)OCO5)CC3)s2)cc1. The number of carbonyl (C=O) groups is 1. The Morgan fingerprint density at radius 2 is 1.82 bits per heavy atom.